The van der Waals surface area contributed by atoms with Crippen molar-refractivity contribution in [1.29, 1.82) is 0 Å². The van der Waals surface area contributed by atoms with Crippen LogP contribution in [0.25, 0.3) is 0 Å². The van der Waals surface area contributed by atoms with Crippen molar-refractivity contribution in [3.8, 4) is 0 Å². The maximum absolute atomic E-state index is 11.9. The number of benzene rings is 1. The van der Waals surface area contributed by atoms with Gasteiger partial charge in [0.2, 0.25) is 5.96 Å². The number of hydrogen-bond donors (Lipinski definition) is 2. The number of guanidine groups is 1. The average molecular weight is 334 g/mol. The Balaban J connectivity index is 2.90. The Bertz CT molecular complexity index is 599. The third-order valence-electron chi connectivity index (χ3n) is 2.18. The fraction of sp³-hybridized carbons (Fsp3) is 0.471. The molecular formula is C17H24N3O4. The van der Waals surface area contributed by atoms with Crippen molar-refractivity contribution in [1.82, 2.24) is 5.32 Å². The number of hydrogen-bond acceptors (Lipinski definition) is 4. The molecule has 24 heavy (non-hydrogen) atoms. The van der Waals surface area contributed by atoms with Gasteiger partial charge in [0.15, 0.2) is 0 Å². The summed E-state index contributed by atoms with van der Waals surface area (Å²) < 4.78 is 10.3. The molecule has 0 aliphatic heterocycles. The van der Waals surface area contributed by atoms with Gasteiger partial charge in [-0.15, -0.1) is 4.99 Å². The van der Waals surface area contributed by atoms with Crippen molar-refractivity contribution in [2.24, 2.45) is 4.99 Å². The van der Waals surface area contributed by atoms with Crippen molar-refractivity contribution in [3.63, 3.8) is 0 Å². The molecule has 0 unspecified atom stereocenters. The molecule has 1 aromatic carbocycles. The highest BCUT2D eigenvalue weighted by molar-refractivity contribution is 6.06. The highest BCUT2D eigenvalue weighted by atomic mass is 16.6. The zero-order valence-electron chi connectivity index (χ0n) is 14.9. The van der Waals surface area contributed by atoms with Gasteiger partial charge in [0.25, 0.3) is 0 Å². The lowest BCUT2D eigenvalue weighted by molar-refractivity contribution is 0.0562. The first-order valence-electron chi connectivity index (χ1n) is 7.50. The first kappa shape index (κ1) is 19.5. The van der Waals surface area contributed by atoms with Crippen molar-refractivity contribution >= 4 is 23.8 Å². The quantitative estimate of drug-likeness (QED) is 0.603. The van der Waals surface area contributed by atoms with Gasteiger partial charge in [-0.1, -0.05) is 18.2 Å². The van der Waals surface area contributed by atoms with E-state index in [0.717, 1.165) is 0 Å². The Morgan fingerprint density at radius 3 is 2.17 bits per heavy atom. The lowest BCUT2D eigenvalue weighted by atomic mass is 10.2. The molecule has 1 aromatic rings. The van der Waals surface area contributed by atoms with Crippen LogP contribution in [0.5, 0.6) is 0 Å². The molecule has 0 bridgehead atoms. The van der Waals surface area contributed by atoms with Gasteiger partial charge in [0, 0.05) is 11.8 Å². The molecule has 0 aromatic heterocycles. The molecule has 0 fully saturated rings. The van der Waals surface area contributed by atoms with E-state index in [0.29, 0.717) is 5.69 Å². The summed E-state index contributed by atoms with van der Waals surface area (Å²) in [4.78, 5) is 27.5. The van der Waals surface area contributed by atoms with E-state index in [-0.39, 0.29) is 5.96 Å². The second kappa shape index (κ2) is 7.81. The molecule has 0 aliphatic carbocycles. The summed E-state index contributed by atoms with van der Waals surface area (Å²) in [7, 11) is 0. The minimum atomic E-state index is -0.836. The second-order valence-corrected chi connectivity index (χ2v) is 6.97. The van der Waals surface area contributed by atoms with E-state index < -0.39 is 23.4 Å². The van der Waals surface area contributed by atoms with Crippen molar-refractivity contribution in [2.45, 2.75) is 52.7 Å². The maximum Gasteiger partial charge on any atom is 0.437 e. The van der Waals surface area contributed by atoms with E-state index in [9.17, 15) is 9.59 Å². The third kappa shape index (κ3) is 8.77. The molecule has 0 spiro atoms. The number of para-hydroxylation sites is 1. The van der Waals surface area contributed by atoms with Crippen LogP contribution in [0, 0.1) is 6.07 Å². The predicted molar refractivity (Wildman–Crippen MR) is 91.9 cm³/mol. The number of ether oxygens (including phenoxy) is 2. The van der Waals surface area contributed by atoms with E-state index >= 15 is 0 Å². The van der Waals surface area contributed by atoms with Crippen LogP contribution in [0.15, 0.2) is 29.3 Å². The van der Waals surface area contributed by atoms with Gasteiger partial charge in [-0.3, -0.25) is 5.32 Å². The summed E-state index contributed by atoms with van der Waals surface area (Å²) in [6.45, 7) is 10.4. The number of rotatable bonds is 1. The maximum atomic E-state index is 11.9. The highest BCUT2D eigenvalue weighted by Crippen LogP contribution is 2.10. The summed E-state index contributed by atoms with van der Waals surface area (Å²) in [6.07, 6.45) is -1.58. The van der Waals surface area contributed by atoms with Crippen molar-refractivity contribution in [2.75, 3.05) is 5.32 Å². The molecule has 1 rings (SSSR count). The molecule has 2 N–H and O–H groups in total. The lowest BCUT2D eigenvalue weighted by Crippen LogP contribution is -2.40. The molecule has 1 radical (unpaired) electrons. The molecule has 7 heteroatoms. The van der Waals surface area contributed by atoms with Gasteiger partial charge >= 0.3 is 12.2 Å². The number of alkyl carbamates (subject to hydrolysis) is 1. The predicted octanol–water partition coefficient (Wildman–Crippen LogP) is 3.71. The summed E-state index contributed by atoms with van der Waals surface area (Å²) >= 11 is 0. The van der Waals surface area contributed by atoms with E-state index in [1.54, 1.807) is 65.8 Å². The van der Waals surface area contributed by atoms with E-state index in [2.05, 4.69) is 21.7 Å². The Labute approximate surface area is 142 Å². The highest BCUT2D eigenvalue weighted by Gasteiger charge is 2.20. The van der Waals surface area contributed by atoms with Crippen LogP contribution in [-0.4, -0.2) is 29.3 Å². The van der Waals surface area contributed by atoms with Gasteiger partial charge in [0.05, 0.1) is 0 Å². The minimum absolute atomic E-state index is 0.110. The number of carbonyl (C=O) groups excluding carboxylic acids is 2. The number of nitrogens with zero attached hydrogens (tertiary/aromatic N) is 1. The summed E-state index contributed by atoms with van der Waals surface area (Å²) in [5, 5.41) is 5.19. The van der Waals surface area contributed by atoms with Gasteiger partial charge in [-0.2, -0.15) is 0 Å². The monoisotopic (exact) mass is 334 g/mol. The van der Waals surface area contributed by atoms with Gasteiger partial charge in [0.1, 0.15) is 11.2 Å². The third-order valence-corrected chi connectivity index (χ3v) is 2.18. The van der Waals surface area contributed by atoms with Crippen LogP contribution in [-0.2, 0) is 9.47 Å². The fourth-order valence-electron chi connectivity index (χ4n) is 1.46. The molecule has 0 atom stereocenters. The van der Waals surface area contributed by atoms with E-state index in [1.165, 1.54) is 0 Å². The Hall–Kier alpha value is -2.57. The molecule has 131 valence electrons. The van der Waals surface area contributed by atoms with Crippen LogP contribution in [0.2, 0.25) is 0 Å². The molecular weight excluding hydrogens is 310 g/mol. The van der Waals surface area contributed by atoms with Gasteiger partial charge < -0.3 is 14.8 Å². The summed E-state index contributed by atoms with van der Waals surface area (Å²) in [6, 6.07) is 9.86. The largest absolute Gasteiger partial charge is 0.444 e. The van der Waals surface area contributed by atoms with Crippen molar-refractivity contribution in [3.05, 3.63) is 30.3 Å². The number of nitrogens with one attached hydrogen (secondary N) is 2. The topological polar surface area (TPSA) is 89.0 Å². The first-order chi connectivity index (χ1) is 10.9. The number of amides is 2. The van der Waals surface area contributed by atoms with Gasteiger partial charge in [-0.25, -0.2) is 9.59 Å². The lowest BCUT2D eigenvalue weighted by Gasteiger charge is -2.21. The number of aliphatic imine (C=N–C) groups is 1. The number of carbonyl (C=O) groups is 2. The van der Waals surface area contributed by atoms with Crippen LogP contribution >= 0.6 is 0 Å². The minimum Gasteiger partial charge on any atom is -0.444 e. The molecule has 0 saturated heterocycles. The molecule has 0 saturated carbocycles. The average Bonchev–Trinajstić information content (AvgIpc) is 2.34. The van der Waals surface area contributed by atoms with Crippen LogP contribution in [0.3, 0.4) is 0 Å². The molecule has 0 aliphatic rings. The zero-order valence-corrected chi connectivity index (χ0v) is 14.9. The SMILES string of the molecule is CC(C)(C)OC(=O)/N=C(\NC(=O)OC(C)(C)C)Nc1[c]cccc1. The molecule has 7 nitrogen and oxygen atoms in total. The van der Waals surface area contributed by atoms with Crippen molar-refractivity contribution < 1.29 is 19.1 Å². The van der Waals surface area contributed by atoms with Crippen LogP contribution < -0.4 is 10.6 Å². The van der Waals surface area contributed by atoms with Crippen LogP contribution in [0.1, 0.15) is 41.5 Å². The Morgan fingerprint density at radius 2 is 1.67 bits per heavy atom. The van der Waals surface area contributed by atoms with E-state index in [1.807, 2.05) is 0 Å². The number of anilines is 1. The summed E-state index contributed by atoms with van der Waals surface area (Å²) in [5.41, 5.74) is -0.855. The standard InChI is InChI=1S/C17H24N3O4/c1-16(2,3)23-14(21)19-13(18-12-10-8-7-9-11-12)20-15(22)24-17(4,5)6/h7-10H,1-6H3,(H2,18,19,20,21,22). The zero-order chi connectivity index (χ0) is 18.4. The Morgan fingerprint density at radius 1 is 1.04 bits per heavy atom. The van der Waals surface area contributed by atoms with Crippen LogP contribution in [0.4, 0.5) is 15.3 Å². The second-order valence-electron chi connectivity index (χ2n) is 6.97. The summed E-state index contributed by atoms with van der Waals surface area (Å²) in [5.74, 6) is -0.110. The van der Waals surface area contributed by atoms with Gasteiger partial charge in [-0.05, 0) is 47.6 Å². The fourth-order valence-corrected chi connectivity index (χ4v) is 1.46. The smallest absolute Gasteiger partial charge is 0.437 e. The Kier molecular flexibility index (Phi) is 6.34. The molecule has 2 amide bonds. The first-order valence-corrected chi connectivity index (χ1v) is 7.50. The molecule has 0 heterocycles. The normalized spacial score (nSPS) is 12.3. The van der Waals surface area contributed by atoms with E-state index in [4.69, 9.17) is 9.47 Å².